The largest absolute Gasteiger partial charge is 0.454 e. The number of hydrogen-bond acceptors (Lipinski definition) is 7. The van der Waals surface area contributed by atoms with Crippen LogP contribution in [0.3, 0.4) is 0 Å². The number of halogens is 1. The van der Waals surface area contributed by atoms with Gasteiger partial charge in [0.05, 0.1) is 10.6 Å². The van der Waals surface area contributed by atoms with Gasteiger partial charge in [-0.2, -0.15) is 0 Å². The van der Waals surface area contributed by atoms with Crippen molar-refractivity contribution in [3.63, 3.8) is 0 Å². The van der Waals surface area contributed by atoms with E-state index in [1.54, 1.807) is 4.57 Å². The lowest BCUT2D eigenvalue weighted by atomic mass is 9.93. The van der Waals surface area contributed by atoms with Crippen molar-refractivity contribution in [1.82, 2.24) is 4.57 Å². The number of Topliss-reactive ketones (excluding diaryl/α,β-unsaturated/α-hetero) is 1. The van der Waals surface area contributed by atoms with Crippen molar-refractivity contribution in [2.24, 2.45) is 4.99 Å². The zero-order valence-electron chi connectivity index (χ0n) is 19.1. The number of carbonyl (C=O) groups is 1. The van der Waals surface area contributed by atoms with E-state index >= 15 is 0 Å². The monoisotopic (exact) mass is 539 g/mol. The smallest absolute Gasteiger partial charge is 0.271 e. The second-order valence-corrected chi connectivity index (χ2v) is 10.2. The van der Waals surface area contributed by atoms with E-state index in [-0.39, 0.29) is 18.1 Å². The van der Waals surface area contributed by atoms with Crippen LogP contribution in [0.1, 0.15) is 31.0 Å². The van der Waals surface area contributed by atoms with E-state index in [9.17, 15) is 9.59 Å². The summed E-state index contributed by atoms with van der Waals surface area (Å²) in [5.41, 5.74) is 3.66. The van der Waals surface area contributed by atoms with Gasteiger partial charge in [-0.3, -0.25) is 14.2 Å². The second-order valence-electron chi connectivity index (χ2n) is 8.35. The maximum absolute atomic E-state index is 13.7. The van der Waals surface area contributed by atoms with E-state index < -0.39 is 6.04 Å². The van der Waals surface area contributed by atoms with E-state index in [2.05, 4.69) is 20.9 Å². The van der Waals surface area contributed by atoms with Gasteiger partial charge >= 0.3 is 0 Å². The normalized spacial score (nSPS) is 17.0. The van der Waals surface area contributed by atoms with Crippen molar-refractivity contribution in [3.8, 4) is 11.5 Å². The maximum atomic E-state index is 13.7. The number of rotatable bonds is 4. The van der Waals surface area contributed by atoms with Crippen LogP contribution in [0.5, 0.6) is 11.5 Å². The Bertz CT molecular complexity index is 1530. The number of benzene rings is 2. The van der Waals surface area contributed by atoms with Crippen molar-refractivity contribution in [1.29, 1.82) is 0 Å². The lowest BCUT2D eigenvalue weighted by molar-refractivity contribution is -0.114. The van der Waals surface area contributed by atoms with Gasteiger partial charge in [0, 0.05) is 35.5 Å². The molecule has 0 saturated carbocycles. The fraction of sp³-hybridized carbons (Fsp3) is 0.240. The highest BCUT2D eigenvalue weighted by Crippen LogP contribution is 2.37. The Balaban J connectivity index is 1.70. The summed E-state index contributed by atoms with van der Waals surface area (Å²) in [7, 11) is 3.94. The molecule has 174 valence electrons. The minimum Gasteiger partial charge on any atom is -0.454 e. The van der Waals surface area contributed by atoms with Crippen LogP contribution in [0.25, 0.3) is 6.08 Å². The molecule has 2 aliphatic heterocycles. The van der Waals surface area contributed by atoms with Crippen LogP contribution < -0.4 is 29.3 Å². The summed E-state index contributed by atoms with van der Waals surface area (Å²) in [6.45, 7) is 3.52. The molecule has 2 aliphatic rings. The highest BCUT2D eigenvalue weighted by atomic mass is 79.9. The first kappa shape index (κ1) is 22.6. The minimum atomic E-state index is -0.535. The standard InChI is InChI=1S/C25H22BrN3O4S/c1-13-22(14(2)30)23(15-5-7-17(8-6-15)28(3)4)29-24(31)21(34-25(29)27-13)10-16-9-19-20(11-18(16)26)33-12-32-19/h5-11,23H,12H2,1-4H3/b21-10+/t23-/m1/s1. The van der Waals surface area contributed by atoms with Crippen molar-refractivity contribution in [3.05, 3.63) is 83.0 Å². The predicted molar refractivity (Wildman–Crippen MR) is 135 cm³/mol. The minimum absolute atomic E-state index is 0.101. The lowest BCUT2D eigenvalue weighted by Gasteiger charge is -2.25. The Labute approximate surface area is 208 Å². The van der Waals surface area contributed by atoms with Gasteiger partial charge in [-0.15, -0.1) is 0 Å². The topological polar surface area (TPSA) is 73.1 Å². The van der Waals surface area contributed by atoms with Gasteiger partial charge in [-0.05, 0) is 55.3 Å². The van der Waals surface area contributed by atoms with Crippen molar-refractivity contribution in [2.45, 2.75) is 19.9 Å². The summed E-state index contributed by atoms with van der Waals surface area (Å²) < 4.78 is 13.9. The number of thiazole rings is 1. The van der Waals surface area contributed by atoms with Crippen LogP contribution in [0.4, 0.5) is 5.69 Å². The van der Waals surface area contributed by atoms with Gasteiger partial charge in [-0.25, -0.2) is 4.99 Å². The summed E-state index contributed by atoms with van der Waals surface area (Å²) in [6, 6.07) is 11.0. The lowest BCUT2D eigenvalue weighted by Crippen LogP contribution is -2.39. The molecule has 0 amide bonds. The van der Waals surface area contributed by atoms with Gasteiger partial charge in [0.2, 0.25) is 6.79 Å². The molecule has 0 spiro atoms. The number of anilines is 1. The van der Waals surface area contributed by atoms with Crippen molar-refractivity contribution in [2.75, 3.05) is 25.8 Å². The predicted octanol–water partition coefficient (Wildman–Crippen LogP) is 3.38. The molecule has 0 fully saturated rings. The number of ether oxygens (including phenoxy) is 2. The molecule has 0 radical (unpaired) electrons. The molecule has 0 N–H and O–H groups in total. The molecule has 7 nitrogen and oxygen atoms in total. The highest BCUT2D eigenvalue weighted by molar-refractivity contribution is 9.10. The molecule has 3 aromatic rings. The molecule has 2 aromatic carbocycles. The van der Waals surface area contributed by atoms with E-state index in [0.717, 1.165) is 21.3 Å². The van der Waals surface area contributed by atoms with Crippen LogP contribution in [0.2, 0.25) is 0 Å². The number of ketones is 1. The first-order valence-corrected chi connectivity index (χ1v) is 12.3. The SMILES string of the molecule is CC(=O)C1=C(C)N=c2s/c(=C/c3cc4c(cc3Br)OCO4)c(=O)n2[C@@H]1c1ccc(N(C)C)cc1. The van der Waals surface area contributed by atoms with Crippen molar-refractivity contribution >= 4 is 44.8 Å². The van der Waals surface area contributed by atoms with E-state index in [1.807, 2.05) is 68.4 Å². The van der Waals surface area contributed by atoms with Crippen LogP contribution in [-0.2, 0) is 4.79 Å². The second kappa shape index (κ2) is 8.56. The molecule has 5 rings (SSSR count). The average molecular weight is 540 g/mol. The Morgan fingerprint density at radius 3 is 2.53 bits per heavy atom. The summed E-state index contributed by atoms with van der Waals surface area (Å²) >= 11 is 4.86. The Kier molecular flexibility index (Phi) is 5.69. The number of hydrogen-bond donors (Lipinski definition) is 0. The molecule has 0 unspecified atom stereocenters. The molecule has 9 heteroatoms. The summed E-state index contributed by atoms with van der Waals surface area (Å²) in [6.07, 6.45) is 1.81. The number of nitrogens with zero attached hydrogens (tertiary/aromatic N) is 3. The molecule has 34 heavy (non-hydrogen) atoms. The van der Waals surface area contributed by atoms with Gasteiger partial charge in [0.15, 0.2) is 22.1 Å². The highest BCUT2D eigenvalue weighted by Gasteiger charge is 2.30. The first-order chi connectivity index (χ1) is 16.2. The molecule has 3 heterocycles. The molecule has 1 aromatic heterocycles. The van der Waals surface area contributed by atoms with Crippen LogP contribution in [-0.4, -0.2) is 31.2 Å². The van der Waals surface area contributed by atoms with Crippen LogP contribution >= 0.6 is 27.3 Å². The number of allylic oxidation sites excluding steroid dienone is 2. The number of aromatic nitrogens is 1. The van der Waals surface area contributed by atoms with E-state index in [4.69, 9.17) is 9.47 Å². The summed E-state index contributed by atoms with van der Waals surface area (Å²) in [4.78, 5) is 33.5. The molecular formula is C25H22BrN3O4S. The summed E-state index contributed by atoms with van der Waals surface area (Å²) in [5, 5.41) is 0. The maximum Gasteiger partial charge on any atom is 0.271 e. The van der Waals surface area contributed by atoms with E-state index in [1.165, 1.54) is 18.3 Å². The fourth-order valence-corrected chi connectivity index (χ4v) is 5.70. The van der Waals surface area contributed by atoms with Gasteiger partial charge in [-0.1, -0.05) is 39.4 Å². The molecule has 0 bridgehead atoms. The third-order valence-corrected chi connectivity index (χ3v) is 7.57. The van der Waals surface area contributed by atoms with Gasteiger partial charge < -0.3 is 14.4 Å². The summed E-state index contributed by atoms with van der Waals surface area (Å²) in [5.74, 6) is 1.19. The molecular weight excluding hydrogens is 518 g/mol. The molecule has 0 aliphatic carbocycles. The van der Waals surface area contributed by atoms with Crippen LogP contribution in [0.15, 0.2) is 61.9 Å². The number of fused-ring (bicyclic) bond motifs is 2. The molecule has 0 saturated heterocycles. The van der Waals surface area contributed by atoms with Crippen molar-refractivity contribution < 1.29 is 14.3 Å². The third kappa shape index (κ3) is 3.78. The Morgan fingerprint density at radius 1 is 1.21 bits per heavy atom. The molecule has 1 atom stereocenters. The van der Waals surface area contributed by atoms with E-state index in [0.29, 0.717) is 32.1 Å². The average Bonchev–Trinajstić information content (AvgIpc) is 3.36. The van der Waals surface area contributed by atoms with Crippen LogP contribution in [0, 0.1) is 0 Å². The third-order valence-electron chi connectivity index (χ3n) is 5.90. The van der Waals surface area contributed by atoms with Gasteiger partial charge in [0.25, 0.3) is 5.56 Å². The Hall–Kier alpha value is -3.17. The fourth-order valence-electron chi connectivity index (χ4n) is 4.23. The number of carbonyl (C=O) groups excluding carboxylic acids is 1. The zero-order chi connectivity index (χ0) is 24.1. The quantitative estimate of drug-likeness (QED) is 0.508. The first-order valence-electron chi connectivity index (χ1n) is 10.6. The Morgan fingerprint density at radius 2 is 1.88 bits per heavy atom. The zero-order valence-corrected chi connectivity index (χ0v) is 21.5. The van der Waals surface area contributed by atoms with Gasteiger partial charge in [0.1, 0.15) is 0 Å².